The highest BCUT2D eigenvalue weighted by Gasteiger charge is 2.34. The van der Waals surface area contributed by atoms with Crippen molar-refractivity contribution >= 4 is 11.9 Å². The van der Waals surface area contributed by atoms with Gasteiger partial charge in [0, 0.05) is 32.9 Å². The fourth-order valence-electron chi connectivity index (χ4n) is 3.76. The van der Waals surface area contributed by atoms with Crippen LogP contribution in [0.5, 0.6) is 0 Å². The summed E-state index contributed by atoms with van der Waals surface area (Å²) in [6.07, 6.45) is 3.65. The number of likely N-dealkylation sites (tertiary alicyclic amines) is 1. The van der Waals surface area contributed by atoms with Crippen molar-refractivity contribution in [2.45, 2.75) is 32.2 Å². The summed E-state index contributed by atoms with van der Waals surface area (Å²) >= 11 is 0. The number of nitrogens with zero attached hydrogens (tertiary/aromatic N) is 5. The molecule has 1 aliphatic heterocycles. The number of carbonyl (C=O) groups is 1. The third-order valence-electron chi connectivity index (χ3n) is 5.26. The van der Waals surface area contributed by atoms with E-state index >= 15 is 0 Å². The fourth-order valence-corrected chi connectivity index (χ4v) is 3.76. The van der Waals surface area contributed by atoms with Crippen molar-refractivity contribution in [2.75, 3.05) is 25.5 Å². The number of carbonyl (C=O) groups excluding carboxylic acids is 1. The largest absolute Gasteiger partial charge is 0.356 e. The molecule has 1 aromatic carbocycles. The van der Waals surface area contributed by atoms with Gasteiger partial charge in [0.05, 0.1) is 29.4 Å². The third-order valence-corrected chi connectivity index (χ3v) is 5.26. The Hall–Kier alpha value is -3.29. The first-order valence-corrected chi connectivity index (χ1v) is 9.94. The highest BCUT2D eigenvalue weighted by Crippen LogP contribution is 2.37. The minimum absolute atomic E-state index is 0.00572. The van der Waals surface area contributed by atoms with E-state index in [2.05, 4.69) is 10.1 Å². The van der Waals surface area contributed by atoms with E-state index < -0.39 is 0 Å². The van der Waals surface area contributed by atoms with Gasteiger partial charge >= 0.3 is 0 Å². The van der Waals surface area contributed by atoms with E-state index in [1.165, 1.54) is 12.1 Å². The van der Waals surface area contributed by atoms with E-state index in [0.717, 1.165) is 35.4 Å². The van der Waals surface area contributed by atoms with Gasteiger partial charge in [0.25, 0.3) is 0 Å². The maximum absolute atomic E-state index is 13.2. The van der Waals surface area contributed by atoms with Crippen LogP contribution < -0.4 is 4.90 Å². The number of aryl methyl sites for hydroxylation is 1. The SMILES string of the molecule is Cc1cc(-c2cnc(N(C)C)nc2C2CCCN2C(=O)Cc2ccc(F)cc2)on1. The average molecular weight is 409 g/mol. The second-order valence-electron chi connectivity index (χ2n) is 7.74. The number of aromatic nitrogens is 3. The normalized spacial score (nSPS) is 16.1. The Balaban J connectivity index is 1.67. The molecule has 0 spiro atoms. The zero-order valence-electron chi connectivity index (χ0n) is 17.3. The number of amides is 1. The molecule has 0 saturated carbocycles. The smallest absolute Gasteiger partial charge is 0.227 e. The van der Waals surface area contributed by atoms with E-state index in [-0.39, 0.29) is 24.2 Å². The molecule has 4 rings (SSSR count). The first kappa shape index (κ1) is 20.0. The molecule has 7 nitrogen and oxygen atoms in total. The summed E-state index contributed by atoms with van der Waals surface area (Å²) in [5.41, 5.74) is 3.06. The Morgan fingerprint density at radius 3 is 2.73 bits per heavy atom. The number of benzene rings is 1. The minimum Gasteiger partial charge on any atom is -0.356 e. The Kier molecular flexibility index (Phi) is 5.48. The summed E-state index contributed by atoms with van der Waals surface area (Å²) in [7, 11) is 3.76. The molecular weight excluding hydrogens is 385 g/mol. The minimum atomic E-state index is -0.311. The standard InChI is InChI=1S/C22H24FN5O2/c1-14-11-19(30-26-14)17-13-24-22(27(2)3)25-21(17)18-5-4-10-28(18)20(29)12-15-6-8-16(23)9-7-15/h6-9,11,13,18H,4-5,10,12H2,1-3H3. The average Bonchev–Trinajstić information content (AvgIpc) is 3.38. The van der Waals surface area contributed by atoms with Crippen LogP contribution in [0.1, 0.15) is 35.8 Å². The topological polar surface area (TPSA) is 75.4 Å². The number of rotatable bonds is 5. The van der Waals surface area contributed by atoms with Crippen LogP contribution in [0.25, 0.3) is 11.3 Å². The van der Waals surface area contributed by atoms with Crippen LogP contribution in [0.3, 0.4) is 0 Å². The molecule has 0 radical (unpaired) electrons. The molecule has 1 aliphatic rings. The van der Waals surface area contributed by atoms with Crippen molar-refractivity contribution in [1.29, 1.82) is 0 Å². The third kappa shape index (κ3) is 4.03. The lowest BCUT2D eigenvalue weighted by Gasteiger charge is -2.26. The van der Waals surface area contributed by atoms with Crippen molar-refractivity contribution in [3.63, 3.8) is 0 Å². The Bertz CT molecular complexity index is 1050. The number of anilines is 1. The first-order valence-electron chi connectivity index (χ1n) is 9.94. The molecule has 0 aliphatic carbocycles. The molecule has 3 aromatic rings. The second-order valence-corrected chi connectivity index (χ2v) is 7.74. The molecule has 0 N–H and O–H groups in total. The number of hydrogen-bond donors (Lipinski definition) is 0. The monoisotopic (exact) mass is 409 g/mol. The number of hydrogen-bond acceptors (Lipinski definition) is 6. The quantitative estimate of drug-likeness (QED) is 0.642. The molecule has 1 saturated heterocycles. The summed E-state index contributed by atoms with van der Waals surface area (Å²) in [6.45, 7) is 2.51. The fraction of sp³-hybridized carbons (Fsp3) is 0.364. The molecule has 1 unspecified atom stereocenters. The predicted molar refractivity (Wildman–Crippen MR) is 110 cm³/mol. The van der Waals surface area contributed by atoms with Crippen LogP contribution in [-0.2, 0) is 11.2 Å². The van der Waals surface area contributed by atoms with Crippen molar-refractivity contribution in [3.05, 3.63) is 59.3 Å². The molecule has 2 aromatic heterocycles. The molecule has 1 fully saturated rings. The lowest BCUT2D eigenvalue weighted by molar-refractivity contribution is -0.131. The highest BCUT2D eigenvalue weighted by molar-refractivity contribution is 5.80. The van der Waals surface area contributed by atoms with Gasteiger partial charge in [0.2, 0.25) is 11.9 Å². The van der Waals surface area contributed by atoms with Gasteiger partial charge in [0.1, 0.15) is 5.82 Å². The summed E-state index contributed by atoms with van der Waals surface area (Å²) in [5, 5.41) is 3.98. The first-order chi connectivity index (χ1) is 14.4. The summed E-state index contributed by atoms with van der Waals surface area (Å²) < 4.78 is 18.7. The van der Waals surface area contributed by atoms with Crippen molar-refractivity contribution in [1.82, 2.24) is 20.0 Å². The molecule has 8 heteroatoms. The van der Waals surface area contributed by atoms with Crippen LogP contribution in [0.4, 0.5) is 10.3 Å². The van der Waals surface area contributed by atoms with Gasteiger partial charge in [-0.15, -0.1) is 0 Å². The molecule has 0 bridgehead atoms. The van der Waals surface area contributed by atoms with E-state index in [4.69, 9.17) is 9.51 Å². The van der Waals surface area contributed by atoms with Crippen LogP contribution in [-0.4, -0.2) is 46.6 Å². The lowest BCUT2D eigenvalue weighted by atomic mass is 10.0. The summed E-state index contributed by atoms with van der Waals surface area (Å²) in [5.74, 6) is 0.844. The Labute approximate surface area is 174 Å². The van der Waals surface area contributed by atoms with Crippen LogP contribution in [0, 0.1) is 12.7 Å². The van der Waals surface area contributed by atoms with Crippen LogP contribution in [0.15, 0.2) is 41.1 Å². The van der Waals surface area contributed by atoms with Gasteiger partial charge in [-0.2, -0.15) is 0 Å². The highest BCUT2D eigenvalue weighted by atomic mass is 19.1. The summed E-state index contributed by atoms with van der Waals surface area (Å²) in [6, 6.07) is 7.72. The molecule has 156 valence electrons. The van der Waals surface area contributed by atoms with E-state index in [0.29, 0.717) is 18.3 Å². The second kappa shape index (κ2) is 8.22. The van der Waals surface area contributed by atoms with Gasteiger partial charge < -0.3 is 14.3 Å². The van der Waals surface area contributed by atoms with Crippen molar-refractivity contribution in [2.24, 2.45) is 0 Å². The zero-order chi connectivity index (χ0) is 21.3. The summed E-state index contributed by atoms with van der Waals surface area (Å²) in [4.78, 5) is 26.0. The van der Waals surface area contributed by atoms with E-state index in [1.807, 2.05) is 36.9 Å². The van der Waals surface area contributed by atoms with Gasteiger partial charge in [-0.1, -0.05) is 17.3 Å². The Morgan fingerprint density at radius 1 is 1.30 bits per heavy atom. The van der Waals surface area contributed by atoms with Crippen LogP contribution >= 0.6 is 0 Å². The van der Waals surface area contributed by atoms with Gasteiger partial charge in [0.15, 0.2) is 5.76 Å². The molecule has 1 amide bonds. The molecule has 1 atom stereocenters. The lowest BCUT2D eigenvalue weighted by Crippen LogP contribution is -2.32. The van der Waals surface area contributed by atoms with Gasteiger partial charge in [-0.05, 0) is 37.5 Å². The molecule has 30 heavy (non-hydrogen) atoms. The predicted octanol–water partition coefficient (Wildman–Crippen LogP) is 3.55. The van der Waals surface area contributed by atoms with Gasteiger partial charge in [-0.3, -0.25) is 4.79 Å². The van der Waals surface area contributed by atoms with E-state index in [1.54, 1.807) is 18.3 Å². The maximum Gasteiger partial charge on any atom is 0.227 e. The van der Waals surface area contributed by atoms with Crippen molar-refractivity contribution in [3.8, 4) is 11.3 Å². The van der Waals surface area contributed by atoms with Crippen molar-refractivity contribution < 1.29 is 13.7 Å². The molecule has 3 heterocycles. The van der Waals surface area contributed by atoms with Gasteiger partial charge in [-0.25, -0.2) is 14.4 Å². The maximum atomic E-state index is 13.2. The zero-order valence-corrected chi connectivity index (χ0v) is 17.3. The van der Waals surface area contributed by atoms with E-state index in [9.17, 15) is 9.18 Å². The Morgan fingerprint density at radius 2 is 2.07 bits per heavy atom. The molecular formula is C22H24FN5O2. The number of halogens is 1. The van der Waals surface area contributed by atoms with Crippen LogP contribution in [0.2, 0.25) is 0 Å².